The van der Waals surface area contributed by atoms with Crippen molar-refractivity contribution in [2.24, 2.45) is 0 Å². The fourth-order valence-electron chi connectivity index (χ4n) is 1.76. The lowest BCUT2D eigenvalue weighted by Gasteiger charge is -2.10. The quantitative estimate of drug-likeness (QED) is 0.795. The van der Waals surface area contributed by atoms with Crippen LogP contribution in [-0.2, 0) is 12.4 Å². The Morgan fingerprint density at radius 3 is 2.78 bits per heavy atom. The van der Waals surface area contributed by atoms with Crippen molar-refractivity contribution >= 4 is 11.6 Å². The topological polar surface area (TPSA) is 39.9 Å². The number of hydrogen-bond acceptors (Lipinski definition) is 3. The third-order valence-corrected chi connectivity index (χ3v) is 2.99. The number of alkyl halides is 1. The molecule has 5 heteroatoms. The minimum atomic E-state index is 0.385. The van der Waals surface area contributed by atoms with Crippen molar-refractivity contribution in [2.75, 3.05) is 0 Å². The van der Waals surface area contributed by atoms with Crippen LogP contribution in [0.2, 0.25) is 0 Å². The second kappa shape index (κ2) is 5.40. The van der Waals surface area contributed by atoms with Gasteiger partial charge >= 0.3 is 0 Å². The minimum Gasteiger partial charge on any atom is -0.435 e. The summed E-state index contributed by atoms with van der Waals surface area (Å²) in [6.45, 7) is 6.78. The maximum Gasteiger partial charge on any atom is 0.224 e. The van der Waals surface area contributed by atoms with Gasteiger partial charge < -0.3 is 4.74 Å². The Hall–Kier alpha value is -1.55. The lowest BCUT2D eigenvalue weighted by molar-refractivity contribution is 0.455. The van der Waals surface area contributed by atoms with Gasteiger partial charge in [0.25, 0.3) is 0 Å². The van der Waals surface area contributed by atoms with Crippen LogP contribution in [0.15, 0.2) is 18.5 Å². The first kappa shape index (κ1) is 12.9. The summed E-state index contributed by atoms with van der Waals surface area (Å²) < 4.78 is 7.57. The van der Waals surface area contributed by atoms with Crippen molar-refractivity contribution in [3.63, 3.8) is 0 Å². The van der Waals surface area contributed by atoms with E-state index in [1.165, 1.54) is 0 Å². The number of rotatable bonds is 4. The third-order valence-electron chi connectivity index (χ3n) is 2.72. The van der Waals surface area contributed by atoms with Crippen LogP contribution < -0.4 is 4.74 Å². The van der Waals surface area contributed by atoms with Gasteiger partial charge in [0.1, 0.15) is 0 Å². The molecule has 2 rings (SSSR count). The molecule has 4 nitrogen and oxygen atoms in total. The molecule has 0 aliphatic rings. The predicted octanol–water partition coefficient (Wildman–Crippen LogP) is 3.45. The van der Waals surface area contributed by atoms with E-state index in [0.717, 1.165) is 23.4 Å². The molecule has 2 aromatic heterocycles. The van der Waals surface area contributed by atoms with E-state index in [4.69, 9.17) is 16.3 Å². The second-order valence-corrected chi connectivity index (χ2v) is 4.40. The molecule has 0 spiro atoms. The van der Waals surface area contributed by atoms with Gasteiger partial charge in [-0.25, -0.2) is 4.98 Å². The molecule has 18 heavy (non-hydrogen) atoms. The maximum absolute atomic E-state index is 5.95. The zero-order chi connectivity index (χ0) is 13.1. The highest BCUT2D eigenvalue weighted by Crippen LogP contribution is 2.27. The molecular weight excluding hydrogens is 250 g/mol. The summed E-state index contributed by atoms with van der Waals surface area (Å²) in [5.41, 5.74) is 2.93. The van der Waals surface area contributed by atoms with Gasteiger partial charge in [0.05, 0.1) is 18.3 Å². The summed E-state index contributed by atoms with van der Waals surface area (Å²) in [7, 11) is 0. The molecule has 0 amide bonds. The molecule has 0 unspecified atom stereocenters. The zero-order valence-corrected chi connectivity index (χ0v) is 11.5. The normalized spacial score (nSPS) is 10.7. The van der Waals surface area contributed by atoms with E-state index in [-0.39, 0.29) is 0 Å². The van der Waals surface area contributed by atoms with Crippen LogP contribution >= 0.6 is 11.6 Å². The standard InChI is InChI=1S/C13H16ClN3O/c1-4-17-8-11(7-15-17)18-13-12(6-14)9(2)5-10(3)16-13/h5,7-8H,4,6H2,1-3H3. The van der Waals surface area contributed by atoms with Gasteiger partial charge in [-0.2, -0.15) is 5.10 Å². The van der Waals surface area contributed by atoms with E-state index in [1.54, 1.807) is 10.9 Å². The minimum absolute atomic E-state index is 0.385. The monoisotopic (exact) mass is 265 g/mol. The van der Waals surface area contributed by atoms with Crippen LogP contribution in [0, 0.1) is 13.8 Å². The fraction of sp³-hybridized carbons (Fsp3) is 0.385. The van der Waals surface area contributed by atoms with E-state index in [0.29, 0.717) is 17.5 Å². The Bertz CT molecular complexity index is 551. The third kappa shape index (κ3) is 2.64. The van der Waals surface area contributed by atoms with Crippen molar-refractivity contribution in [1.29, 1.82) is 0 Å². The highest BCUT2D eigenvalue weighted by molar-refractivity contribution is 6.17. The summed E-state index contributed by atoms with van der Waals surface area (Å²) in [6.07, 6.45) is 3.53. The van der Waals surface area contributed by atoms with Crippen LogP contribution in [0.1, 0.15) is 23.7 Å². The van der Waals surface area contributed by atoms with E-state index in [1.807, 2.05) is 33.0 Å². The number of halogens is 1. The summed E-state index contributed by atoms with van der Waals surface area (Å²) in [5, 5.41) is 4.16. The molecule has 0 radical (unpaired) electrons. The molecule has 2 heterocycles. The smallest absolute Gasteiger partial charge is 0.224 e. The van der Waals surface area contributed by atoms with Gasteiger partial charge in [-0.3, -0.25) is 4.68 Å². The van der Waals surface area contributed by atoms with Crippen LogP contribution in [0.25, 0.3) is 0 Å². The van der Waals surface area contributed by atoms with Crippen molar-refractivity contribution in [3.05, 3.63) is 35.3 Å². The number of hydrogen-bond donors (Lipinski definition) is 0. The van der Waals surface area contributed by atoms with Gasteiger partial charge in [-0.1, -0.05) is 0 Å². The van der Waals surface area contributed by atoms with Crippen LogP contribution in [0.4, 0.5) is 0 Å². The lowest BCUT2D eigenvalue weighted by Crippen LogP contribution is -1.98. The molecule has 0 N–H and O–H groups in total. The number of pyridine rings is 1. The Kier molecular flexibility index (Phi) is 3.87. The van der Waals surface area contributed by atoms with E-state index in [9.17, 15) is 0 Å². The highest BCUT2D eigenvalue weighted by atomic mass is 35.5. The second-order valence-electron chi connectivity index (χ2n) is 4.13. The van der Waals surface area contributed by atoms with Crippen molar-refractivity contribution in [1.82, 2.24) is 14.8 Å². The zero-order valence-electron chi connectivity index (χ0n) is 10.8. The van der Waals surface area contributed by atoms with Gasteiger partial charge in [-0.15, -0.1) is 11.6 Å². The molecule has 96 valence electrons. The highest BCUT2D eigenvalue weighted by Gasteiger charge is 2.11. The SMILES string of the molecule is CCn1cc(Oc2nc(C)cc(C)c2CCl)cn1. The Labute approximate surface area is 112 Å². The summed E-state index contributed by atoms with van der Waals surface area (Å²) in [5.74, 6) is 1.63. The summed E-state index contributed by atoms with van der Waals surface area (Å²) >= 11 is 5.95. The number of aryl methyl sites for hydroxylation is 3. The Morgan fingerprint density at radius 2 is 2.17 bits per heavy atom. The summed E-state index contributed by atoms with van der Waals surface area (Å²) in [6, 6.07) is 2.00. The van der Waals surface area contributed by atoms with Gasteiger partial charge in [0.2, 0.25) is 5.88 Å². The van der Waals surface area contributed by atoms with E-state index >= 15 is 0 Å². The average Bonchev–Trinajstić information content (AvgIpc) is 2.76. The first-order valence-corrected chi connectivity index (χ1v) is 6.41. The van der Waals surface area contributed by atoms with E-state index < -0.39 is 0 Å². The fourth-order valence-corrected chi connectivity index (χ4v) is 2.08. The number of nitrogens with zero attached hydrogens (tertiary/aromatic N) is 3. The van der Waals surface area contributed by atoms with Gasteiger partial charge in [0, 0.05) is 17.8 Å². The maximum atomic E-state index is 5.95. The van der Waals surface area contributed by atoms with Crippen molar-refractivity contribution in [2.45, 2.75) is 33.2 Å². The van der Waals surface area contributed by atoms with Gasteiger partial charge in [-0.05, 0) is 32.4 Å². The molecule has 0 saturated carbocycles. The molecule has 0 aliphatic heterocycles. The molecule has 0 bridgehead atoms. The Balaban J connectivity index is 2.32. The lowest BCUT2D eigenvalue weighted by atomic mass is 10.1. The molecule has 0 aromatic carbocycles. The Morgan fingerprint density at radius 1 is 1.39 bits per heavy atom. The average molecular weight is 266 g/mol. The van der Waals surface area contributed by atoms with Crippen LogP contribution in [0.5, 0.6) is 11.6 Å². The summed E-state index contributed by atoms with van der Waals surface area (Å²) in [4.78, 5) is 4.39. The first-order valence-electron chi connectivity index (χ1n) is 5.87. The number of aromatic nitrogens is 3. The predicted molar refractivity (Wildman–Crippen MR) is 71.2 cm³/mol. The van der Waals surface area contributed by atoms with Crippen molar-refractivity contribution in [3.8, 4) is 11.6 Å². The number of ether oxygens (including phenoxy) is 1. The molecule has 0 atom stereocenters. The van der Waals surface area contributed by atoms with E-state index in [2.05, 4.69) is 10.1 Å². The molecule has 0 saturated heterocycles. The molecule has 0 aliphatic carbocycles. The largest absolute Gasteiger partial charge is 0.435 e. The first-order chi connectivity index (χ1) is 8.63. The molecular formula is C13H16ClN3O. The molecule has 0 fully saturated rings. The van der Waals surface area contributed by atoms with Crippen molar-refractivity contribution < 1.29 is 4.74 Å². The van der Waals surface area contributed by atoms with Crippen LogP contribution in [0.3, 0.4) is 0 Å². The van der Waals surface area contributed by atoms with Gasteiger partial charge in [0.15, 0.2) is 5.75 Å². The van der Waals surface area contributed by atoms with Crippen LogP contribution in [-0.4, -0.2) is 14.8 Å². The molecule has 2 aromatic rings.